The highest BCUT2D eigenvalue weighted by Gasteiger charge is 2.32. The zero-order chi connectivity index (χ0) is 47.0. The van der Waals surface area contributed by atoms with Gasteiger partial charge in [-0.2, -0.15) is 0 Å². The topological polar surface area (TPSA) is 541 Å². The molecule has 0 rings (SSSR count). The van der Waals surface area contributed by atoms with Gasteiger partial charge in [0.05, 0.1) is 64.3 Å². The van der Waals surface area contributed by atoms with Crippen LogP contribution in [0.25, 0.3) is 0 Å². The Kier molecular flexibility index (Phi) is 23.3. The smallest absolute Gasteiger partial charge is 0.322 e. The van der Waals surface area contributed by atoms with Crippen LogP contribution in [-0.2, 0) is 71.9 Å². The maximum Gasteiger partial charge on any atom is 0.322 e. The summed E-state index contributed by atoms with van der Waals surface area (Å²) in [6.45, 7) is -4.11. The number of hydrogen-bond donors (Lipinski definition) is 16. The van der Waals surface area contributed by atoms with Crippen LogP contribution >= 0.6 is 0 Å². The molecule has 14 amide bonds. The molecule has 0 aromatic heterocycles. The summed E-state index contributed by atoms with van der Waals surface area (Å²) in [5.74, 6) is -17.0. The number of aliphatic carboxylic acids is 1. The number of carboxylic acid groups (broad SMARTS) is 1. The molecule has 0 aromatic rings. The molecular weight excluding hydrogens is 826 g/mol. The van der Waals surface area contributed by atoms with Crippen molar-refractivity contribution in [1.82, 2.24) is 47.9 Å². The lowest BCUT2D eigenvalue weighted by atomic mass is 10.1. The minimum absolute atomic E-state index is 0.592. The predicted molar refractivity (Wildman–Crippen MR) is 197 cm³/mol. The Morgan fingerprint density at radius 1 is 0.344 bits per heavy atom. The van der Waals surface area contributed by atoms with E-state index in [0.717, 1.165) is 0 Å². The first kappa shape index (κ1) is 53.0. The van der Waals surface area contributed by atoms with Crippen molar-refractivity contribution in [3.05, 3.63) is 0 Å². The summed E-state index contributed by atoms with van der Waals surface area (Å²) in [5, 5.41) is 26.9. The van der Waals surface area contributed by atoms with Crippen molar-refractivity contribution in [3.63, 3.8) is 0 Å². The first-order valence-corrected chi connectivity index (χ1v) is 17.3. The molecule has 0 aliphatic carbocycles. The lowest BCUT2D eigenvalue weighted by molar-refractivity contribution is -0.138. The van der Waals surface area contributed by atoms with Crippen molar-refractivity contribution in [3.8, 4) is 0 Å². The maximum atomic E-state index is 13.1. The molecule has 0 saturated heterocycles. The second kappa shape index (κ2) is 26.8. The van der Waals surface area contributed by atoms with E-state index in [-0.39, 0.29) is 0 Å². The first-order valence-electron chi connectivity index (χ1n) is 17.3. The van der Waals surface area contributed by atoms with Gasteiger partial charge in [0, 0.05) is 0 Å². The molecule has 0 aliphatic rings. The van der Waals surface area contributed by atoms with Crippen molar-refractivity contribution >= 4 is 88.7 Å². The highest BCUT2D eigenvalue weighted by molar-refractivity contribution is 6.00. The van der Waals surface area contributed by atoms with Gasteiger partial charge in [0.15, 0.2) is 0 Å². The van der Waals surface area contributed by atoms with Gasteiger partial charge < -0.3 is 87.4 Å². The SMILES string of the molecule is NC(=O)C[C@H](NC(=O)CNC(=O)CNC(=O)CNC(=O)[C@H](CC(N)=O)NC(=O)[C@@H](N)CC(N)=O)C(=O)N[C@@H](CC(N)=O)C(=O)N[C@@H](CC(N)=O)C(=O)NCC(=O)NCC(=O)O. The average Bonchev–Trinajstić information content (AvgIpc) is 3.14. The first-order chi connectivity index (χ1) is 28.3. The zero-order valence-electron chi connectivity index (χ0n) is 32.0. The number of carbonyl (C=O) groups is 15. The summed E-state index contributed by atoms with van der Waals surface area (Å²) in [6.07, 6.45) is -4.08. The average molecular weight is 874 g/mol. The Labute approximate surface area is 343 Å². The van der Waals surface area contributed by atoms with E-state index in [1.54, 1.807) is 0 Å². The second-order valence-electron chi connectivity index (χ2n) is 12.4. The molecule has 0 heterocycles. The third-order valence-corrected chi connectivity index (χ3v) is 7.11. The molecule has 0 bridgehead atoms. The van der Waals surface area contributed by atoms with E-state index in [9.17, 15) is 71.9 Å². The molecule has 31 heteroatoms. The highest BCUT2D eigenvalue weighted by atomic mass is 16.4. The van der Waals surface area contributed by atoms with Crippen LogP contribution in [0.4, 0.5) is 0 Å². The fraction of sp³-hybridized carbons (Fsp3) is 0.500. The number of rotatable bonds is 29. The molecule has 5 atom stereocenters. The third-order valence-electron chi connectivity index (χ3n) is 7.11. The molecule has 61 heavy (non-hydrogen) atoms. The molecule has 0 aromatic carbocycles. The lowest BCUT2D eigenvalue weighted by Crippen LogP contribution is -2.59. The van der Waals surface area contributed by atoms with Gasteiger partial charge in [-0.25, -0.2) is 0 Å². The summed E-state index contributed by atoms with van der Waals surface area (Å²) in [5.41, 5.74) is 31.0. The molecule has 31 nitrogen and oxygen atoms in total. The molecule has 0 fully saturated rings. The minimum Gasteiger partial charge on any atom is -0.480 e. The molecule has 0 radical (unpaired) electrons. The summed E-state index contributed by atoms with van der Waals surface area (Å²) >= 11 is 0. The Bertz CT molecular complexity index is 1760. The van der Waals surface area contributed by atoms with Gasteiger partial charge in [0.2, 0.25) is 82.7 Å². The van der Waals surface area contributed by atoms with E-state index in [2.05, 4.69) is 21.3 Å². The van der Waals surface area contributed by atoms with Crippen LogP contribution in [0.5, 0.6) is 0 Å². The number of nitrogens with two attached hydrogens (primary N) is 6. The largest absolute Gasteiger partial charge is 0.480 e. The van der Waals surface area contributed by atoms with Crippen LogP contribution in [-0.4, -0.2) is 157 Å². The van der Waals surface area contributed by atoms with E-state index in [1.807, 2.05) is 26.6 Å². The van der Waals surface area contributed by atoms with Gasteiger partial charge in [0.25, 0.3) is 0 Å². The van der Waals surface area contributed by atoms with Crippen LogP contribution < -0.4 is 82.3 Å². The maximum absolute atomic E-state index is 13.1. The van der Waals surface area contributed by atoms with Gasteiger partial charge in [0.1, 0.15) is 30.7 Å². The normalized spacial score (nSPS) is 12.7. The monoisotopic (exact) mass is 873 g/mol. The van der Waals surface area contributed by atoms with Crippen molar-refractivity contribution < 1.29 is 77.0 Å². The van der Waals surface area contributed by atoms with Crippen molar-refractivity contribution in [2.24, 2.45) is 34.4 Å². The Hall–Kier alpha value is -7.99. The van der Waals surface area contributed by atoms with E-state index < -0.39 is 184 Å². The van der Waals surface area contributed by atoms with Crippen LogP contribution in [0.3, 0.4) is 0 Å². The fourth-order valence-electron chi connectivity index (χ4n) is 4.32. The molecule has 0 unspecified atom stereocenters. The molecule has 0 aliphatic heterocycles. The summed E-state index contributed by atoms with van der Waals surface area (Å²) in [7, 11) is 0. The Morgan fingerprint density at radius 2 is 0.623 bits per heavy atom. The second-order valence-corrected chi connectivity index (χ2v) is 12.4. The Balaban J connectivity index is 5.42. The van der Waals surface area contributed by atoms with Crippen molar-refractivity contribution in [2.45, 2.75) is 62.3 Å². The van der Waals surface area contributed by atoms with Crippen LogP contribution in [0.15, 0.2) is 0 Å². The van der Waals surface area contributed by atoms with Gasteiger partial charge in [-0.3, -0.25) is 71.9 Å². The van der Waals surface area contributed by atoms with Gasteiger partial charge in [-0.15, -0.1) is 0 Å². The summed E-state index contributed by atoms with van der Waals surface area (Å²) in [4.78, 5) is 180. The van der Waals surface area contributed by atoms with Crippen molar-refractivity contribution in [1.29, 1.82) is 0 Å². The van der Waals surface area contributed by atoms with Crippen LogP contribution in [0.2, 0.25) is 0 Å². The summed E-state index contributed by atoms with van der Waals surface area (Å²) in [6, 6.07) is -8.72. The molecule has 22 N–H and O–H groups in total. The quantitative estimate of drug-likeness (QED) is 0.0332. The van der Waals surface area contributed by atoms with E-state index in [0.29, 0.717) is 0 Å². The highest BCUT2D eigenvalue weighted by Crippen LogP contribution is 2.01. The van der Waals surface area contributed by atoms with Gasteiger partial charge in [-0.05, 0) is 0 Å². The zero-order valence-corrected chi connectivity index (χ0v) is 32.0. The van der Waals surface area contributed by atoms with Gasteiger partial charge >= 0.3 is 5.97 Å². The number of carbonyl (C=O) groups excluding carboxylic acids is 14. The number of carboxylic acids is 1. The van der Waals surface area contributed by atoms with Crippen LogP contribution in [0.1, 0.15) is 32.1 Å². The molecule has 338 valence electrons. The molecule has 0 saturated carbocycles. The third kappa shape index (κ3) is 24.4. The van der Waals surface area contributed by atoms with E-state index >= 15 is 0 Å². The van der Waals surface area contributed by atoms with E-state index in [4.69, 9.17) is 39.5 Å². The number of primary amides is 5. The standard InChI is InChI=1S/C30H47N15O16/c31-11(1-16(32)46)26(57)43-12(2-17(33)47)27(58)40-7-22(52)37-6-21(51)38-9-24(54)42-14(4-19(35)49)29(60)45-15(5-20(36)50)30(61)44-13(3-18(34)48)28(59)41-8-23(53)39-10-25(55)56/h11-15H,1-10,31H2,(H2,32,46)(H2,33,47)(H2,34,48)(H2,35,49)(H2,36,50)(H,37,52)(H,38,51)(H,39,53)(H,40,58)(H,41,59)(H,42,54)(H,43,57)(H,44,61)(H,45,60)(H,55,56)/t11-,12-,13-,14-,15-/m0/s1. The van der Waals surface area contributed by atoms with Crippen LogP contribution in [0, 0.1) is 0 Å². The molecular formula is C30H47N15O16. The predicted octanol–water partition coefficient (Wildman–Crippen LogP) is -12.7. The van der Waals surface area contributed by atoms with Crippen molar-refractivity contribution in [2.75, 3.05) is 32.7 Å². The number of amides is 14. The number of hydrogen-bond acceptors (Lipinski definition) is 16. The Morgan fingerprint density at radius 3 is 0.967 bits per heavy atom. The van der Waals surface area contributed by atoms with Gasteiger partial charge in [-0.1, -0.05) is 0 Å². The lowest BCUT2D eigenvalue weighted by Gasteiger charge is -2.24. The molecule has 0 spiro atoms. The van der Waals surface area contributed by atoms with E-state index in [1.165, 1.54) is 0 Å². The number of nitrogens with one attached hydrogen (secondary N) is 9. The summed E-state index contributed by atoms with van der Waals surface area (Å²) < 4.78 is 0. The fourth-order valence-corrected chi connectivity index (χ4v) is 4.32. The minimum atomic E-state index is -1.94.